The number of nitrogens with two attached hydrogens (primary N) is 1. The van der Waals surface area contributed by atoms with Gasteiger partial charge in [0.05, 0.1) is 12.2 Å². The van der Waals surface area contributed by atoms with Crippen molar-refractivity contribution in [3.05, 3.63) is 0 Å². The van der Waals surface area contributed by atoms with Crippen molar-refractivity contribution in [3.63, 3.8) is 0 Å². The second-order valence-corrected chi connectivity index (χ2v) is 4.41. The van der Waals surface area contributed by atoms with Crippen LogP contribution >= 0.6 is 0 Å². The average Bonchev–Trinajstić information content (AvgIpc) is 2.02. The highest BCUT2D eigenvalue weighted by atomic mass is 16.5. The van der Waals surface area contributed by atoms with Crippen molar-refractivity contribution in [2.24, 2.45) is 5.73 Å². The summed E-state index contributed by atoms with van der Waals surface area (Å²) in [7, 11) is 0. The lowest BCUT2D eigenvalue weighted by Crippen LogP contribution is -2.43. The van der Waals surface area contributed by atoms with Crippen LogP contribution in [0.5, 0.6) is 0 Å². The third kappa shape index (κ3) is 4.73. The number of hydrogen-bond donors (Lipinski definition) is 1. The van der Waals surface area contributed by atoms with E-state index in [1.165, 1.54) is 0 Å². The van der Waals surface area contributed by atoms with Crippen LogP contribution in [0.25, 0.3) is 0 Å². The maximum atomic E-state index is 5.95. The van der Waals surface area contributed by atoms with E-state index in [4.69, 9.17) is 10.5 Å². The molecule has 74 valence electrons. The first-order chi connectivity index (χ1) is 5.33. The van der Waals surface area contributed by atoms with Crippen LogP contribution in [0, 0.1) is 0 Å². The normalized spacial score (nSPS) is 17.5. The molecule has 0 saturated carbocycles. The van der Waals surface area contributed by atoms with E-state index in [1.54, 1.807) is 0 Å². The highest BCUT2D eigenvalue weighted by Gasteiger charge is 2.22. The molecule has 1 atom stereocenters. The van der Waals surface area contributed by atoms with Gasteiger partial charge in [-0.15, -0.1) is 0 Å². The second-order valence-electron chi connectivity index (χ2n) is 4.41. The molecule has 0 aromatic carbocycles. The maximum Gasteiger partial charge on any atom is 0.0650 e. The van der Waals surface area contributed by atoms with Crippen LogP contribution in [0.15, 0.2) is 0 Å². The summed E-state index contributed by atoms with van der Waals surface area (Å²) in [5, 5.41) is 0. The Labute approximate surface area is 76.5 Å². The van der Waals surface area contributed by atoms with E-state index in [1.807, 2.05) is 6.92 Å². The van der Waals surface area contributed by atoms with Crippen LogP contribution in [0.3, 0.4) is 0 Å². The van der Waals surface area contributed by atoms with E-state index in [-0.39, 0.29) is 11.1 Å². The van der Waals surface area contributed by atoms with Gasteiger partial charge in [0.1, 0.15) is 0 Å². The van der Waals surface area contributed by atoms with Gasteiger partial charge in [-0.3, -0.25) is 0 Å². The first-order valence-electron chi connectivity index (χ1n) is 4.76. The molecule has 0 aliphatic rings. The standard InChI is InChI=1S/C10H23NO/c1-6-9(3,4)12-8-10(5,11)7-2/h6-8,11H2,1-5H3. The van der Waals surface area contributed by atoms with Crippen LogP contribution < -0.4 is 5.73 Å². The first kappa shape index (κ1) is 11.9. The van der Waals surface area contributed by atoms with Gasteiger partial charge in [0.2, 0.25) is 0 Å². The molecule has 0 rings (SSSR count). The molecule has 0 aromatic rings. The summed E-state index contributed by atoms with van der Waals surface area (Å²) in [6.07, 6.45) is 1.97. The van der Waals surface area contributed by atoms with E-state index in [0.717, 1.165) is 12.8 Å². The van der Waals surface area contributed by atoms with Crippen LogP contribution in [-0.4, -0.2) is 17.7 Å². The molecule has 0 saturated heterocycles. The van der Waals surface area contributed by atoms with E-state index in [0.29, 0.717) is 6.61 Å². The summed E-state index contributed by atoms with van der Waals surface area (Å²) in [4.78, 5) is 0. The van der Waals surface area contributed by atoms with Crippen molar-refractivity contribution in [2.45, 2.75) is 58.6 Å². The van der Waals surface area contributed by atoms with Crippen molar-refractivity contribution in [3.8, 4) is 0 Å². The van der Waals surface area contributed by atoms with Gasteiger partial charge in [-0.1, -0.05) is 13.8 Å². The predicted octanol–water partition coefficient (Wildman–Crippen LogP) is 2.32. The first-order valence-corrected chi connectivity index (χ1v) is 4.76. The van der Waals surface area contributed by atoms with Gasteiger partial charge in [-0.2, -0.15) is 0 Å². The number of rotatable bonds is 5. The topological polar surface area (TPSA) is 35.2 Å². The maximum absolute atomic E-state index is 5.95. The Balaban J connectivity index is 3.82. The van der Waals surface area contributed by atoms with Gasteiger partial charge in [0.25, 0.3) is 0 Å². The molecule has 0 aliphatic carbocycles. The predicted molar refractivity (Wildman–Crippen MR) is 53.2 cm³/mol. The highest BCUT2D eigenvalue weighted by molar-refractivity contribution is 4.78. The molecule has 1 unspecified atom stereocenters. The summed E-state index contributed by atoms with van der Waals surface area (Å²) < 4.78 is 5.71. The largest absolute Gasteiger partial charge is 0.374 e. The summed E-state index contributed by atoms with van der Waals surface area (Å²) in [6, 6.07) is 0. The molecule has 2 heteroatoms. The fourth-order valence-corrected chi connectivity index (χ4v) is 0.564. The second kappa shape index (κ2) is 4.24. The van der Waals surface area contributed by atoms with Crippen molar-refractivity contribution in [1.82, 2.24) is 0 Å². The van der Waals surface area contributed by atoms with Crippen LogP contribution in [0.4, 0.5) is 0 Å². The molecule has 2 nitrogen and oxygen atoms in total. The molecule has 12 heavy (non-hydrogen) atoms. The lowest BCUT2D eigenvalue weighted by molar-refractivity contribution is -0.0417. The minimum absolute atomic E-state index is 0.0319. The van der Waals surface area contributed by atoms with Gasteiger partial charge in [-0.05, 0) is 33.6 Å². The number of ether oxygens (including phenoxy) is 1. The molecule has 0 heterocycles. The lowest BCUT2D eigenvalue weighted by atomic mass is 10.0. The molecular weight excluding hydrogens is 150 g/mol. The Kier molecular flexibility index (Phi) is 4.21. The van der Waals surface area contributed by atoms with E-state index < -0.39 is 0 Å². The molecular formula is C10H23NO. The van der Waals surface area contributed by atoms with Gasteiger partial charge in [0.15, 0.2) is 0 Å². The Morgan fingerprint density at radius 1 is 1.08 bits per heavy atom. The van der Waals surface area contributed by atoms with Crippen molar-refractivity contribution in [1.29, 1.82) is 0 Å². The molecule has 2 N–H and O–H groups in total. The molecule has 0 spiro atoms. The number of hydrogen-bond acceptors (Lipinski definition) is 2. The molecule has 0 bridgehead atoms. The fraction of sp³-hybridized carbons (Fsp3) is 1.00. The Bertz CT molecular complexity index is 114. The molecule has 0 radical (unpaired) electrons. The fourth-order valence-electron chi connectivity index (χ4n) is 0.564. The lowest BCUT2D eigenvalue weighted by Gasteiger charge is -2.30. The van der Waals surface area contributed by atoms with Crippen LogP contribution in [-0.2, 0) is 4.74 Å². The zero-order chi connectivity index (χ0) is 9.83. The Morgan fingerprint density at radius 3 is 1.92 bits per heavy atom. The smallest absolute Gasteiger partial charge is 0.0650 e. The minimum atomic E-state index is -0.174. The average molecular weight is 173 g/mol. The van der Waals surface area contributed by atoms with Gasteiger partial charge in [0, 0.05) is 5.54 Å². The molecule has 0 amide bonds. The van der Waals surface area contributed by atoms with Crippen molar-refractivity contribution >= 4 is 0 Å². The Hall–Kier alpha value is -0.0800. The third-order valence-electron chi connectivity index (χ3n) is 2.45. The molecule has 0 aromatic heterocycles. The molecule has 0 aliphatic heterocycles. The Morgan fingerprint density at radius 2 is 1.58 bits per heavy atom. The van der Waals surface area contributed by atoms with Crippen LogP contribution in [0.2, 0.25) is 0 Å². The van der Waals surface area contributed by atoms with Gasteiger partial charge < -0.3 is 10.5 Å². The molecule has 0 fully saturated rings. The monoisotopic (exact) mass is 173 g/mol. The van der Waals surface area contributed by atoms with E-state index in [2.05, 4.69) is 27.7 Å². The summed E-state index contributed by atoms with van der Waals surface area (Å²) in [5.41, 5.74) is 5.75. The zero-order valence-electron chi connectivity index (χ0n) is 9.11. The van der Waals surface area contributed by atoms with Crippen molar-refractivity contribution < 1.29 is 4.74 Å². The van der Waals surface area contributed by atoms with Gasteiger partial charge in [-0.25, -0.2) is 0 Å². The zero-order valence-corrected chi connectivity index (χ0v) is 9.11. The van der Waals surface area contributed by atoms with Gasteiger partial charge >= 0.3 is 0 Å². The summed E-state index contributed by atoms with van der Waals surface area (Å²) in [5.74, 6) is 0. The minimum Gasteiger partial charge on any atom is -0.374 e. The summed E-state index contributed by atoms with van der Waals surface area (Å²) >= 11 is 0. The third-order valence-corrected chi connectivity index (χ3v) is 2.45. The van der Waals surface area contributed by atoms with E-state index in [9.17, 15) is 0 Å². The van der Waals surface area contributed by atoms with Crippen molar-refractivity contribution in [2.75, 3.05) is 6.61 Å². The highest BCUT2D eigenvalue weighted by Crippen LogP contribution is 2.16. The SMILES string of the molecule is CCC(C)(N)COC(C)(C)CC. The summed E-state index contributed by atoms with van der Waals surface area (Å²) in [6.45, 7) is 11.1. The quantitative estimate of drug-likeness (QED) is 0.692. The van der Waals surface area contributed by atoms with Crippen LogP contribution in [0.1, 0.15) is 47.5 Å². The van der Waals surface area contributed by atoms with E-state index >= 15 is 0 Å².